The molecule has 2 aromatic carbocycles. The molecule has 3 aromatic rings. The molecule has 0 unspecified atom stereocenters. The Kier molecular flexibility index (Phi) is 5.80. The van der Waals surface area contributed by atoms with Gasteiger partial charge in [0.25, 0.3) is 11.2 Å². The first-order valence-electron chi connectivity index (χ1n) is 11.3. The maximum Gasteiger partial charge on any atom is 0.269 e. The highest BCUT2D eigenvalue weighted by Crippen LogP contribution is 2.48. The van der Waals surface area contributed by atoms with Gasteiger partial charge in [0, 0.05) is 41.5 Å². The summed E-state index contributed by atoms with van der Waals surface area (Å²) in [5.41, 5.74) is 2.46. The van der Waals surface area contributed by atoms with Crippen LogP contribution in [0.2, 0.25) is 0 Å². The fraction of sp³-hybridized carbons (Fsp3) is 0.269. The van der Waals surface area contributed by atoms with Gasteiger partial charge < -0.3 is 10.3 Å². The Bertz CT molecular complexity index is 1430. The maximum absolute atomic E-state index is 13.4. The number of allylic oxidation sites excluding steroid dienone is 2. The third-order valence-corrected chi connectivity index (χ3v) is 7.28. The molecule has 0 bridgehead atoms. The van der Waals surface area contributed by atoms with Crippen molar-refractivity contribution in [3.63, 3.8) is 0 Å². The van der Waals surface area contributed by atoms with E-state index in [4.69, 9.17) is 4.98 Å². The second-order valence-corrected chi connectivity index (χ2v) is 10.6. The van der Waals surface area contributed by atoms with Crippen LogP contribution in [0.4, 0.5) is 11.5 Å². The number of nitro benzene ring substituents is 1. The van der Waals surface area contributed by atoms with E-state index >= 15 is 0 Å². The minimum absolute atomic E-state index is 0.0622. The van der Waals surface area contributed by atoms with Gasteiger partial charge in [0.05, 0.1) is 10.5 Å². The van der Waals surface area contributed by atoms with Crippen molar-refractivity contribution in [1.29, 1.82) is 0 Å². The highest BCUT2D eigenvalue weighted by molar-refractivity contribution is 7.98. The number of fused-ring (bicyclic) bond motifs is 1. The second-order valence-electron chi connectivity index (χ2n) is 9.65. The molecule has 2 aliphatic rings. The second kappa shape index (κ2) is 8.81. The summed E-state index contributed by atoms with van der Waals surface area (Å²) in [4.78, 5) is 45.2. The number of nitro groups is 1. The summed E-state index contributed by atoms with van der Waals surface area (Å²) >= 11 is 1.41. The van der Waals surface area contributed by atoms with E-state index in [2.05, 4.69) is 10.3 Å². The number of non-ortho nitro benzene ring substituents is 1. The maximum atomic E-state index is 13.4. The van der Waals surface area contributed by atoms with Gasteiger partial charge >= 0.3 is 0 Å². The van der Waals surface area contributed by atoms with Crippen LogP contribution < -0.4 is 10.9 Å². The van der Waals surface area contributed by atoms with E-state index in [1.165, 1.54) is 23.9 Å². The third kappa shape index (κ3) is 4.51. The standard InChI is InChI=1S/C26H24N4O4S/c1-26(2)12-18-21(19(31)13-26)20(16-9-6-10-17(11-16)30(33)34)22-23(27-18)28-25(29-24(22)32)35-14-15-7-4-3-5-8-15/h3-11,20H,12-14H2,1-2H3,(H2,27,28,29,32)/t20-/m1/s1. The molecule has 5 rings (SSSR count). The lowest BCUT2D eigenvalue weighted by molar-refractivity contribution is -0.384. The molecule has 0 amide bonds. The fourth-order valence-electron chi connectivity index (χ4n) is 4.84. The summed E-state index contributed by atoms with van der Waals surface area (Å²) in [6, 6.07) is 16.0. The van der Waals surface area contributed by atoms with Crippen LogP contribution in [0, 0.1) is 15.5 Å². The first-order valence-corrected chi connectivity index (χ1v) is 12.3. The summed E-state index contributed by atoms with van der Waals surface area (Å²) in [5.74, 6) is 0.239. The Morgan fingerprint density at radius 1 is 1.11 bits per heavy atom. The monoisotopic (exact) mass is 488 g/mol. The molecular formula is C26H24N4O4S. The summed E-state index contributed by atoms with van der Waals surface area (Å²) in [6.07, 6.45) is 0.949. The Balaban J connectivity index is 1.62. The van der Waals surface area contributed by atoms with Crippen LogP contribution in [0.3, 0.4) is 0 Å². The number of aromatic amines is 1. The van der Waals surface area contributed by atoms with Crippen LogP contribution in [-0.2, 0) is 10.5 Å². The van der Waals surface area contributed by atoms with Gasteiger partial charge in [0.1, 0.15) is 5.82 Å². The predicted molar refractivity (Wildman–Crippen MR) is 134 cm³/mol. The number of H-pyrrole nitrogens is 1. The SMILES string of the molecule is CC1(C)CC(=O)C2=C(C1)Nc1nc(SCc3ccccc3)[nH]c(=O)c1[C@@H]2c1cccc([N+](=O)[O-])c1. The molecule has 2 N–H and O–H groups in total. The Labute approximate surface area is 206 Å². The average Bonchev–Trinajstić information content (AvgIpc) is 2.81. The molecular weight excluding hydrogens is 464 g/mol. The van der Waals surface area contributed by atoms with Gasteiger partial charge in [-0.15, -0.1) is 0 Å². The van der Waals surface area contributed by atoms with Gasteiger partial charge in [-0.05, 0) is 23.0 Å². The molecule has 0 spiro atoms. The number of hydrogen-bond donors (Lipinski definition) is 2. The average molecular weight is 489 g/mol. The number of carbonyl (C=O) groups excluding carboxylic acids is 1. The molecule has 1 aromatic heterocycles. The van der Waals surface area contributed by atoms with Crippen LogP contribution in [-0.4, -0.2) is 20.7 Å². The third-order valence-electron chi connectivity index (χ3n) is 6.33. The van der Waals surface area contributed by atoms with Crippen molar-refractivity contribution in [2.24, 2.45) is 5.41 Å². The van der Waals surface area contributed by atoms with E-state index < -0.39 is 10.8 Å². The lowest BCUT2D eigenvalue weighted by Crippen LogP contribution is -2.37. The number of nitrogens with one attached hydrogen (secondary N) is 2. The lowest BCUT2D eigenvalue weighted by Gasteiger charge is -2.38. The zero-order valence-electron chi connectivity index (χ0n) is 19.3. The van der Waals surface area contributed by atoms with Gasteiger partial charge in [-0.25, -0.2) is 4.98 Å². The summed E-state index contributed by atoms with van der Waals surface area (Å²) < 4.78 is 0. The largest absolute Gasteiger partial charge is 0.343 e. The van der Waals surface area contributed by atoms with Gasteiger partial charge in [-0.2, -0.15) is 0 Å². The first-order chi connectivity index (χ1) is 16.7. The molecule has 2 heterocycles. The van der Waals surface area contributed by atoms with Crippen molar-refractivity contribution in [1.82, 2.24) is 9.97 Å². The van der Waals surface area contributed by atoms with E-state index in [0.29, 0.717) is 46.3 Å². The van der Waals surface area contributed by atoms with Gasteiger partial charge in [0.2, 0.25) is 0 Å². The molecule has 178 valence electrons. The predicted octanol–water partition coefficient (Wildman–Crippen LogP) is 5.17. The van der Waals surface area contributed by atoms with Crippen LogP contribution in [0.25, 0.3) is 0 Å². The smallest absolute Gasteiger partial charge is 0.269 e. The highest BCUT2D eigenvalue weighted by Gasteiger charge is 2.42. The number of anilines is 1. The van der Waals surface area contributed by atoms with Crippen LogP contribution in [0.1, 0.15) is 49.3 Å². The van der Waals surface area contributed by atoms with E-state index in [-0.39, 0.29) is 22.4 Å². The van der Waals surface area contributed by atoms with E-state index in [9.17, 15) is 19.7 Å². The normalized spacial score (nSPS) is 18.5. The highest BCUT2D eigenvalue weighted by atomic mass is 32.2. The number of benzene rings is 2. The molecule has 1 atom stereocenters. The molecule has 9 heteroatoms. The van der Waals surface area contributed by atoms with Crippen molar-refractivity contribution < 1.29 is 9.72 Å². The van der Waals surface area contributed by atoms with Crippen LogP contribution >= 0.6 is 11.8 Å². The number of thioether (sulfide) groups is 1. The summed E-state index contributed by atoms with van der Waals surface area (Å²) in [7, 11) is 0. The molecule has 35 heavy (non-hydrogen) atoms. The number of nitrogens with zero attached hydrogens (tertiary/aromatic N) is 2. The topological polar surface area (TPSA) is 118 Å². The zero-order chi connectivity index (χ0) is 24.7. The molecule has 0 saturated carbocycles. The van der Waals surface area contributed by atoms with Crippen molar-refractivity contribution in [2.75, 3.05) is 5.32 Å². The Morgan fingerprint density at radius 3 is 2.63 bits per heavy atom. The minimum Gasteiger partial charge on any atom is -0.343 e. The van der Waals surface area contributed by atoms with Gasteiger partial charge in [-0.1, -0.05) is 68.1 Å². The van der Waals surface area contributed by atoms with Crippen molar-refractivity contribution in [2.45, 2.75) is 43.5 Å². The number of Topliss-reactive ketones (excluding diaryl/α,β-unsaturated/α-hetero) is 1. The Hall–Kier alpha value is -3.72. The van der Waals surface area contributed by atoms with Crippen LogP contribution in [0.5, 0.6) is 0 Å². The van der Waals surface area contributed by atoms with Crippen molar-refractivity contribution in [3.05, 3.63) is 103 Å². The number of rotatable bonds is 5. The van der Waals surface area contributed by atoms with E-state index in [1.807, 2.05) is 44.2 Å². The van der Waals surface area contributed by atoms with Gasteiger partial charge in [0.15, 0.2) is 10.9 Å². The number of hydrogen-bond acceptors (Lipinski definition) is 7. The molecule has 0 saturated heterocycles. The van der Waals surface area contributed by atoms with Gasteiger partial charge in [-0.3, -0.25) is 19.7 Å². The molecule has 8 nitrogen and oxygen atoms in total. The van der Waals surface area contributed by atoms with Crippen LogP contribution in [0.15, 0.2) is 75.8 Å². The minimum atomic E-state index is -0.728. The first kappa shape index (κ1) is 23.0. The quantitative estimate of drug-likeness (QED) is 0.220. The zero-order valence-corrected chi connectivity index (χ0v) is 20.1. The van der Waals surface area contributed by atoms with Crippen molar-refractivity contribution >= 4 is 29.1 Å². The number of ketones is 1. The summed E-state index contributed by atoms with van der Waals surface area (Å²) in [6.45, 7) is 4.06. The van der Waals surface area contributed by atoms with Crippen molar-refractivity contribution in [3.8, 4) is 0 Å². The molecule has 1 aliphatic carbocycles. The molecule has 1 aliphatic heterocycles. The Morgan fingerprint density at radius 2 is 1.89 bits per heavy atom. The lowest BCUT2D eigenvalue weighted by atomic mass is 9.69. The number of carbonyl (C=O) groups is 1. The van der Waals surface area contributed by atoms with E-state index in [1.54, 1.807) is 12.1 Å². The van der Waals surface area contributed by atoms with E-state index in [0.717, 1.165) is 11.3 Å². The fourth-order valence-corrected chi connectivity index (χ4v) is 5.66. The molecule has 0 radical (unpaired) electrons. The molecule has 0 fully saturated rings. The summed E-state index contributed by atoms with van der Waals surface area (Å²) in [5, 5.41) is 15.2. The number of aromatic nitrogens is 2.